The van der Waals surface area contributed by atoms with Gasteiger partial charge in [0.2, 0.25) is 0 Å². The van der Waals surface area contributed by atoms with Gasteiger partial charge in [-0.05, 0) is 25.7 Å². The van der Waals surface area contributed by atoms with Crippen molar-refractivity contribution in [2.24, 2.45) is 10.8 Å². The van der Waals surface area contributed by atoms with E-state index in [1.165, 1.54) is 26.8 Å². The van der Waals surface area contributed by atoms with Gasteiger partial charge in [-0.25, -0.2) is 0 Å². The molecule has 0 aliphatic rings. The molecule has 1 aromatic heterocycles. The molecule has 257 valence electrons. The summed E-state index contributed by atoms with van der Waals surface area (Å²) in [5, 5.41) is 13.9. The van der Waals surface area contributed by atoms with Crippen LogP contribution in [0.4, 0.5) is 0 Å². The molecule has 4 rings (SSSR count). The number of ketones is 1. The van der Waals surface area contributed by atoms with Crippen LogP contribution in [0.5, 0.6) is 0 Å². The minimum absolute atomic E-state index is 0. The van der Waals surface area contributed by atoms with Gasteiger partial charge in [0.1, 0.15) is 5.76 Å². The summed E-state index contributed by atoms with van der Waals surface area (Å²) < 4.78 is 1.51. The van der Waals surface area contributed by atoms with E-state index in [9.17, 15) is 9.90 Å². The number of hydrogen-bond acceptors (Lipinski definition) is 4. The van der Waals surface area contributed by atoms with E-state index < -0.39 is 13.3 Å². The number of fused-ring (bicyclic) bond motifs is 3. The van der Waals surface area contributed by atoms with Crippen molar-refractivity contribution in [2.45, 2.75) is 118 Å². The number of benzene rings is 3. The Morgan fingerprint density at radius 1 is 0.915 bits per heavy atom. The molecule has 0 amide bonds. The minimum Gasteiger partial charge on any atom is 0 e. The van der Waals surface area contributed by atoms with Crippen LogP contribution < -0.4 is 4.40 Å². The number of rotatable bonds is 10. The van der Waals surface area contributed by atoms with E-state index in [0.717, 1.165) is 59.2 Å². The van der Waals surface area contributed by atoms with E-state index >= 15 is 0 Å². The second-order valence-electron chi connectivity index (χ2n) is 14.9. The van der Waals surface area contributed by atoms with Gasteiger partial charge in [0.25, 0.3) is 0 Å². The summed E-state index contributed by atoms with van der Waals surface area (Å²) in [5.74, 6) is 8.82. The molecule has 0 atom stereocenters. The summed E-state index contributed by atoms with van der Waals surface area (Å²) in [6.45, 7) is 20.7. The molecule has 0 bridgehead atoms. The molecule has 1 heterocycles. The second kappa shape index (κ2) is 16.4. The Bertz CT molecular complexity index is 1710. The number of carbonyl (C=O) groups is 1. The summed E-state index contributed by atoms with van der Waals surface area (Å²) in [4.78, 5) is 22.3. The first kappa shape index (κ1) is 40.8. The zero-order chi connectivity index (χ0) is 34.6. The molecule has 0 spiro atoms. The average Bonchev–Trinajstić information content (AvgIpc) is 3.02. The maximum Gasteiger partial charge on any atom is 0 e. The van der Waals surface area contributed by atoms with Gasteiger partial charge in [0.05, 0.1) is 0 Å². The summed E-state index contributed by atoms with van der Waals surface area (Å²) >= 11 is -2.09. The van der Waals surface area contributed by atoms with E-state index in [2.05, 4.69) is 93.5 Å². The van der Waals surface area contributed by atoms with Crippen LogP contribution in [0.25, 0.3) is 32.9 Å². The van der Waals surface area contributed by atoms with Crippen LogP contribution in [0.15, 0.2) is 54.3 Å². The Balaban J connectivity index is 0.000000370. The van der Waals surface area contributed by atoms with Crippen molar-refractivity contribution in [2.75, 3.05) is 0 Å². The van der Waals surface area contributed by atoms with Crippen LogP contribution in [0, 0.1) is 30.7 Å². The van der Waals surface area contributed by atoms with Gasteiger partial charge in [-0.1, -0.05) is 41.5 Å². The van der Waals surface area contributed by atoms with Crippen LogP contribution in [-0.2, 0) is 24.9 Å². The second-order valence-corrected chi connectivity index (χ2v) is 25.5. The molecule has 0 fully saturated rings. The average molecular weight is 875 g/mol. The first-order chi connectivity index (χ1) is 21.4. The summed E-state index contributed by atoms with van der Waals surface area (Å²) in [6.07, 6.45) is 4.75. The molecule has 0 aliphatic carbocycles. The smallest absolute Gasteiger partial charge is 0 e. The van der Waals surface area contributed by atoms with Gasteiger partial charge in [-0.2, -0.15) is 0 Å². The number of aliphatic hydroxyl groups excluding tert-OH is 1. The van der Waals surface area contributed by atoms with Gasteiger partial charge < -0.3 is 5.11 Å². The van der Waals surface area contributed by atoms with E-state index in [4.69, 9.17) is 9.97 Å². The van der Waals surface area contributed by atoms with Crippen molar-refractivity contribution >= 4 is 45.1 Å². The van der Waals surface area contributed by atoms with Crippen LogP contribution in [0.3, 0.4) is 0 Å². The Morgan fingerprint density at radius 2 is 1.51 bits per heavy atom. The molecule has 0 unspecified atom stereocenters. The number of hydrogen-bond donors (Lipinski definition) is 1. The Kier molecular flexibility index (Phi) is 14.2. The van der Waals surface area contributed by atoms with Crippen molar-refractivity contribution in [3.8, 4) is 11.3 Å². The molecule has 6 heteroatoms. The van der Waals surface area contributed by atoms with E-state index in [1.54, 1.807) is 0 Å². The third-order valence-corrected chi connectivity index (χ3v) is 14.3. The fourth-order valence-electron chi connectivity index (χ4n) is 5.78. The number of aromatic nitrogens is 2. The molecule has 4 nitrogen and oxygen atoms in total. The van der Waals surface area contributed by atoms with Gasteiger partial charge in [0.15, 0.2) is 5.78 Å². The predicted molar refractivity (Wildman–Crippen MR) is 201 cm³/mol. The van der Waals surface area contributed by atoms with Gasteiger partial charge >= 0.3 is 177 Å². The van der Waals surface area contributed by atoms with Gasteiger partial charge in [0, 0.05) is 37.0 Å². The van der Waals surface area contributed by atoms with E-state index in [-0.39, 0.29) is 48.4 Å². The molecular weight excluding hydrogens is 817 g/mol. The summed E-state index contributed by atoms with van der Waals surface area (Å²) in [5.41, 5.74) is 4.94. The molecule has 0 saturated carbocycles. The van der Waals surface area contributed by atoms with Crippen LogP contribution >= 0.6 is 0 Å². The van der Waals surface area contributed by atoms with Gasteiger partial charge in [-0.3, -0.25) is 4.79 Å². The molecule has 4 aromatic rings. The molecule has 47 heavy (non-hydrogen) atoms. The standard InChI is InChI=1S/C26H29GeN2.C15H28O2.Ir/c1-16(2)26-28-24(20-14-17(3)13-18(4)15-20)21-12-11-19-9-8-10-22(27(5,6)7)23(19)25(21)29-26;1-7-14(5,8-2)12(16)11-13(17)15(6,9-3)10-4;/h8-14,16H,1-7H3;11,16H,7-10H2,1-6H3;/q-1;;/b;12-11-;. The zero-order valence-electron chi connectivity index (χ0n) is 31.1. The third kappa shape index (κ3) is 9.22. The predicted octanol–water partition coefficient (Wildman–Crippen LogP) is 11.2. The molecule has 1 N–H and O–H groups in total. The van der Waals surface area contributed by atoms with Crippen LogP contribution in [0.1, 0.15) is 104 Å². The summed E-state index contributed by atoms with van der Waals surface area (Å²) in [7, 11) is 0. The number of nitrogens with zero attached hydrogens (tertiary/aromatic N) is 2. The monoisotopic (exact) mass is 876 g/mol. The Morgan fingerprint density at radius 3 is 2.02 bits per heavy atom. The Labute approximate surface area is 301 Å². The fraction of sp³-hybridized carbons (Fsp3) is 0.488. The van der Waals surface area contributed by atoms with E-state index in [0.29, 0.717) is 0 Å². The number of allylic oxidation sites excluding steroid dienone is 2. The third-order valence-electron chi connectivity index (χ3n) is 10.1. The van der Waals surface area contributed by atoms with Crippen molar-refractivity contribution in [3.05, 3.63) is 77.3 Å². The minimum atomic E-state index is -2.09. The van der Waals surface area contributed by atoms with Crippen LogP contribution in [0.2, 0.25) is 17.3 Å². The quantitative estimate of drug-likeness (QED) is 0.0567. The zero-order valence-corrected chi connectivity index (χ0v) is 35.6. The molecule has 3 aromatic carbocycles. The van der Waals surface area contributed by atoms with Crippen LogP contribution in [-0.4, -0.2) is 34.1 Å². The van der Waals surface area contributed by atoms with Crippen molar-refractivity contribution in [1.82, 2.24) is 9.97 Å². The van der Waals surface area contributed by atoms with E-state index in [1.807, 2.05) is 41.5 Å². The molecular formula is C41H57GeIrN2O2-. The van der Waals surface area contributed by atoms with Gasteiger partial charge in [-0.15, -0.1) is 0 Å². The normalized spacial score (nSPS) is 12.6. The van der Waals surface area contributed by atoms with Crippen molar-refractivity contribution < 1.29 is 30.0 Å². The topological polar surface area (TPSA) is 63.1 Å². The van der Waals surface area contributed by atoms with Crippen molar-refractivity contribution in [1.29, 1.82) is 0 Å². The Hall–Kier alpha value is -2.34. The number of carbonyl (C=O) groups excluding carboxylic acids is 1. The fourth-order valence-corrected chi connectivity index (χ4v) is 9.15. The first-order valence-corrected chi connectivity index (χ1v) is 24.5. The largest absolute Gasteiger partial charge is 0 e. The number of aliphatic hydroxyl groups is 1. The molecule has 0 aliphatic heterocycles. The maximum atomic E-state index is 12.2. The molecule has 0 saturated heterocycles. The summed E-state index contributed by atoms with van der Waals surface area (Å²) in [6, 6.07) is 19.1. The first-order valence-electron chi connectivity index (χ1n) is 17.1. The number of aryl methyl sites for hydroxylation is 2. The van der Waals surface area contributed by atoms with Crippen molar-refractivity contribution in [3.63, 3.8) is 0 Å². The SMILES string of the molecule is CCC(C)(CC)C(=O)/C=C(\O)C(C)(CC)CC.Cc1[c-]c(-c2nc(C(C)C)nc3c2ccc2ccc[c]([Ge]([CH3])([CH3])[CH3])c23)cc(C)c1.[Ir]. The molecule has 1 radical (unpaired) electrons. The maximum absolute atomic E-state index is 12.2.